The van der Waals surface area contributed by atoms with Crippen molar-refractivity contribution >= 4 is 49.9 Å². The number of anilines is 2. The van der Waals surface area contributed by atoms with Gasteiger partial charge in [0.15, 0.2) is 5.13 Å². The Hall–Kier alpha value is -2.71. The van der Waals surface area contributed by atoms with Crippen LogP contribution in [-0.2, 0) is 11.2 Å². The summed E-state index contributed by atoms with van der Waals surface area (Å²) >= 11 is 4.75. The Labute approximate surface area is 174 Å². The number of aryl methyl sites for hydroxylation is 1. The molecule has 2 heterocycles. The summed E-state index contributed by atoms with van der Waals surface area (Å²) in [5, 5.41) is 8.14. The summed E-state index contributed by atoms with van der Waals surface area (Å²) in [5.41, 5.74) is 4.20. The van der Waals surface area contributed by atoms with Gasteiger partial charge in [0.2, 0.25) is 5.91 Å². The molecular formula is C20H16BrN3O3S. The summed E-state index contributed by atoms with van der Waals surface area (Å²) in [6.45, 7) is 0. The van der Waals surface area contributed by atoms with Crippen LogP contribution in [-0.4, -0.2) is 23.9 Å². The van der Waals surface area contributed by atoms with Gasteiger partial charge in [0.1, 0.15) is 5.75 Å². The van der Waals surface area contributed by atoms with Crippen LogP contribution in [0.4, 0.5) is 10.8 Å². The number of nitrogens with zero attached hydrogens (tertiary/aromatic N) is 1. The zero-order valence-corrected chi connectivity index (χ0v) is 17.3. The quantitative estimate of drug-likeness (QED) is 0.593. The molecule has 0 atom stereocenters. The molecule has 2 N–H and O–H groups in total. The van der Waals surface area contributed by atoms with Crippen LogP contribution in [0.3, 0.4) is 0 Å². The Balaban J connectivity index is 1.51. The molecule has 1 aliphatic heterocycles. The van der Waals surface area contributed by atoms with Crippen LogP contribution in [0.25, 0.3) is 11.3 Å². The molecule has 0 unspecified atom stereocenters. The van der Waals surface area contributed by atoms with E-state index in [0.717, 1.165) is 28.9 Å². The number of aromatic nitrogens is 1. The number of methoxy groups -OCH3 is 1. The Morgan fingerprint density at radius 3 is 2.89 bits per heavy atom. The molecule has 1 aliphatic rings. The summed E-state index contributed by atoms with van der Waals surface area (Å²) < 4.78 is 5.90. The highest BCUT2D eigenvalue weighted by Crippen LogP contribution is 2.31. The number of hydrogen-bond donors (Lipinski definition) is 2. The Kier molecular flexibility index (Phi) is 5.15. The topological polar surface area (TPSA) is 80.3 Å². The maximum atomic E-state index is 12.5. The number of benzene rings is 2. The fourth-order valence-electron chi connectivity index (χ4n) is 2.98. The second kappa shape index (κ2) is 7.73. The first-order chi connectivity index (χ1) is 13.5. The maximum absolute atomic E-state index is 12.5. The van der Waals surface area contributed by atoms with Gasteiger partial charge < -0.3 is 10.1 Å². The smallest absolute Gasteiger partial charge is 0.257 e. The van der Waals surface area contributed by atoms with Crippen molar-refractivity contribution in [1.82, 2.24) is 4.98 Å². The highest BCUT2D eigenvalue weighted by molar-refractivity contribution is 9.10. The number of carbonyl (C=O) groups is 2. The van der Waals surface area contributed by atoms with Crippen molar-refractivity contribution in [3.63, 3.8) is 0 Å². The Bertz CT molecular complexity index is 1080. The van der Waals surface area contributed by atoms with E-state index in [9.17, 15) is 9.59 Å². The molecule has 0 radical (unpaired) electrons. The predicted octanol–water partition coefficient (Wildman–Crippen LogP) is 4.72. The predicted molar refractivity (Wildman–Crippen MR) is 113 cm³/mol. The van der Waals surface area contributed by atoms with Gasteiger partial charge in [0.05, 0.1) is 17.3 Å². The van der Waals surface area contributed by atoms with E-state index in [1.807, 2.05) is 23.6 Å². The molecule has 0 saturated carbocycles. The van der Waals surface area contributed by atoms with E-state index in [2.05, 4.69) is 31.5 Å². The molecule has 4 rings (SSSR count). The fourth-order valence-corrected chi connectivity index (χ4v) is 4.24. The van der Waals surface area contributed by atoms with Crippen molar-refractivity contribution in [1.29, 1.82) is 0 Å². The first-order valence-corrected chi connectivity index (χ1v) is 10.2. The van der Waals surface area contributed by atoms with Crippen LogP contribution in [0.15, 0.2) is 46.3 Å². The van der Waals surface area contributed by atoms with Crippen LogP contribution in [0.2, 0.25) is 0 Å². The van der Waals surface area contributed by atoms with Gasteiger partial charge >= 0.3 is 0 Å². The molecule has 8 heteroatoms. The lowest BCUT2D eigenvalue weighted by molar-refractivity contribution is -0.116. The van der Waals surface area contributed by atoms with Gasteiger partial charge in [-0.2, -0.15) is 0 Å². The number of thiazole rings is 1. The first-order valence-electron chi connectivity index (χ1n) is 8.57. The summed E-state index contributed by atoms with van der Waals surface area (Å²) in [5.74, 6) is 0.471. The van der Waals surface area contributed by atoms with E-state index >= 15 is 0 Å². The van der Waals surface area contributed by atoms with E-state index < -0.39 is 0 Å². The van der Waals surface area contributed by atoms with Crippen LogP contribution < -0.4 is 15.4 Å². The first kappa shape index (κ1) is 18.6. The largest absolute Gasteiger partial charge is 0.496 e. The van der Waals surface area contributed by atoms with Crippen LogP contribution in [0.5, 0.6) is 5.75 Å². The molecule has 0 saturated heterocycles. The van der Waals surface area contributed by atoms with E-state index in [1.165, 1.54) is 11.3 Å². The Morgan fingerprint density at radius 1 is 1.25 bits per heavy atom. The minimum Gasteiger partial charge on any atom is -0.496 e. The minimum atomic E-state index is -0.239. The van der Waals surface area contributed by atoms with Crippen molar-refractivity contribution in [2.24, 2.45) is 0 Å². The molecule has 0 fully saturated rings. The maximum Gasteiger partial charge on any atom is 0.257 e. The summed E-state index contributed by atoms with van der Waals surface area (Å²) in [7, 11) is 1.57. The fraction of sp³-hybridized carbons (Fsp3) is 0.150. The van der Waals surface area contributed by atoms with Gasteiger partial charge in [0, 0.05) is 28.6 Å². The molecule has 28 heavy (non-hydrogen) atoms. The number of amides is 2. The molecule has 2 aromatic carbocycles. The monoisotopic (exact) mass is 457 g/mol. The third kappa shape index (κ3) is 3.79. The molecule has 0 bridgehead atoms. The summed E-state index contributed by atoms with van der Waals surface area (Å²) in [4.78, 5) is 28.5. The van der Waals surface area contributed by atoms with Crippen molar-refractivity contribution in [2.45, 2.75) is 12.8 Å². The van der Waals surface area contributed by atoms with Gasteiger partial charge in [0.25, 0.3) is 5.91 Å². The minimum absolute atomic E-state index is 0.0454. The second-order valence-electron chi connectivity index (χ2n) is 6.26. The molecule has 2 amide bonds. The Morgan fingerprint density at radius 2 is 2.11 bits per heavy atom. The van der Waals surface area contributed by atoms with Crippen molar-refractivity contribution in [3.05, 3.63) is 57.4 Å². The lowest BCUT2D eigenvalue weighted by atomic mass is 9.99. The molecular weight excluding hydrogens is 442 g/mol. The zero-order valence-electron chi connectivity index (χ0n) is 14.9. The summed E-state index contributed by atoms with van der Waals surface area (Å²) in [6.07, 6.45) is 1.21. The number of rotatable bonds is 4. The van der Waals surface area contributed by atoms with Gasteiger partial charge in [-0.05, 0) is 58.2 Å². The number of carbonyl (C=O) groups excluding carboxylic acids is 2. The number of hydrogen-bond acceptors (Lipinski definition) is 5. The van der Waals surface area contributed by atoms with Crippen LogP contribution in [0, 0.1) is 0 Å². The molecule has 1 aromatic heterocycles. The number of ether oxygens (including phenoxy) is 1. The van der Waals surface area contributed by atoms with Crippen molar-refractivity contribution in [2.75, 3.05) is 17.7 Å². The highest BCUT2D eigenvalue weighted by atomic mass is 79.9. The average molecular weight is 458 g/mol. The van der Waals surface area contributed by atoms with Gasteiger partial charge in [-0.1, -0.05) is 6.07 Å². The number of fused-ring (bicyclic) bond motifs is 1. The molecule has 0 aliphatic carbocycles. The van der Waals surface area contributed by atoms with Crippen molar-refractivity contribution < 1.29 is 14.3 Å². The number of halogens is 1. The van der Waals surface area contributed by atoms with Gasteiger partial charge in [-0.15, -0.1) is 11.3 Å². The molecule has 142 valence electrons. The van der Waals surface area contributed by atoms with Gasteiger partial charge in [-0.3, -0.25) is 14.9 Å². The molecule has 6 nitrogen and oxygen atoms in total. The third-order valence-electron chi connectivity index (χ3n) is 4.44. The standard InChI is InChI=1S/C20H16BrN3O3S/c1-27-17-6-3-13(9-14(17)21)19(26)24-20-23-16(10-28-20)12-2-5-15-11(8-12)4-7-18(25)22-15/h2-3,5-6,8-10H,4,7H2,1H3,(H,22,25)(H,23,24,26). The van der Waals surface area contributed by atoms with E-state index in [-0.39, 0.29) is 11.8 Å². The van der Waals surface area contributed by atoms with Gasteiger partial charge in [-0.25, -0.2) is 4.98 Å². The SMILES string of the molecule is COc1ccc(C(=O)Nc2nc(-c3ccc4c(c3)CCC(=O)N4)cs2)cc1Br. The number of nitrogens with one attached hydrogen (secondary N) is 2. The lowest BCUT2D eigenvalue weighted by Gasteiger charge is -2.17. The average Bonchev–Trinajstić information content (AvgIpc) is 3.16. The van der Waals surface area contributed by atoms with Crippen LogP contribution in [0.1, 0.15) is 22.3 Å². The molecule has 3 aromatic rings. The van der Waals surface area contributed by atoms with E-state index in [4.69, 9.17) is 4.74 Å². The third-order valence-corrected chi connectivity index (χ3v) is 5.81. The summed E-state index contributed by atoms with van der Waals surface area (Å²) in [6, 6.07) is 11.0. The normalized spacial score (nSPS) is 12.9. The second-order valence-corrected chi connectivity index (χ2v) is 7.97. The van der Waals surface area contributed by atoms with E-state index in [0.29, 0.717) is 27.3 Å². The van der Waals surface area contributed by atoms with E-state index in [1.54, 1.807) is 25.3 Å². The highest BCUT2D eigenvalue weighted by Gasteiger charge is 2.16. The molecule has 0 spiro atoms. The van der Waals surface area contributed by atoms with Crippen molar-refractivity contribution in [3.8, 4) is 17.0 Å². The van der Waals surface area contributed by atoms with Crippen LogP contribution >= 0.6 is 27.3 Å². The zero-order chi connectivity index (χ0) is 19.7. The lowest BCUT2D eigenvalue weighted by Crippen LogP contribution is -2.18.